The smallest absolute Gasteiger partial charge is 0.201 e. The molecule has 0 saturated carbocycles. The quantitative estimate of drug-likeness (QED) is 0.869. The zero-order valence-corrected chi connectivity index (χ0v) is 12.3. The van der Waals surface area contributed by atoms with Gasteiger partial charge in [-0.3, -0.25) is 0 Å². The van der Waals surface area contributed by atoms with Crippen molar-refractivity contribution in [1.82, 2.24) is 0 Å². The van der Waals surface area contributed by atoms with Gasteiger partial charge < -0.3 is 10.5 Å². The molecule has 0 fully saturated rings. The number of nitrogens with two attached hydrogens (primary N) is 1. The van der Waals surface area contributed by atoms with E-state index >= 15 is 0 Å². The number of rotatable bonds is 5. The van der Waals surface area contributed by atoms with E-state index in [0.717, 1.165) is 18.1 Å². The molecule has 2 aromatic carbocycles. The fourth-order valence-electron chi connectivity index (χ4n) is 1.92. The third kappa shape index (κ3) is 3.93. The van der Waals surface area contributed by atoms with Crippen LogP contribution in [0.2, 0.25) is 5.02 Å². The van der Waals surface area contributed by atoms with E-state index in [1.165, 1.54) is 12.1 Å². The van der Waals surface area contributed by atoms with Crippen molar-refractivity contribution < 1.29 is 13.5 Å². The van der Waals surface area contributed by atoms with Crippen molar-refractivity contribution in [2.45, 2.75) is 25.8 Å². The molecule has 21 heavy (non-hydrogen) atoms. The molecule has 112 valence electrons. The van der Waals surface area contributed by atoms with Crippen molar-refractivity contribution in [3.05, 3.63) is 58.6 Å². The van der Waals surface area contributed by atoms with Gasteiger partial charge in [0.1, 0.15) is 5.75 Å². The average molecular weight is 312 g/mol. The van der Waals surface area contributed by atoms with Gasteiger partial charge in [-0.1, -0.05) is 24.6 Å². The molecule has 2 rings (SSSR count). The maximum Gasteiger partial charge on any atom is 0.201 e. The molecule has 0 saturated heterocycles. The highest BCUT2D eigenvalue weighted by molar-refractivity contribution is 6.30. The molecule has 2 N–H and O–H groups in total. The zero-order chi connectivity index (χ0) is 15.4. The third-order valence-corrected chi connectivity index (χ3v) is 3.40. The minimum Gasteiger partial charge on any atom is -0.454 e. The largest absolute Gasteiger partial charge is 0.454 e. The van der Waals surface area contributed by atoms with Gasteiger partial charge in [0, 0.05) is 11.1 Å². The van der Waals surface area contributed by atoms with Crippen LogP contribution in [-0.4, -0.2) is 6.04 Å². The second-order valence-electron chi connectivity index (χ2n) is 4.78. The van der Waals surface area contributed by atoms with E-state index in [1.54, 1.807) is 18.2 Å². The average Bonchev–Trinajstić information content (AvgIpc) is 2.46. The monoisotopic (exact) mass is 311 g/mol. The Bertz CT molecular complexity index is 634. The summed E-state index contributed by atoms with van der Waals surface area (Å²) < 4.78 is 32.4. The van der Waals surface area contributed by atoms with Gasteiger partial charge in [0.05, 0.1) is 0 Å². The van der Waals surface area contributed by atoms with E-state index in [-0.39, 0.29) is 11.8 Å². The van der Waals surface area contributed by atoms with Gasteiger partial charge in [0.2, 0.25) is 5.82 Å². The minimum absolute atomic E-state index is 0.0526. The molecule has 2 aromatic rings. The van der Waals surface area contributed by atoms with Crippen LogP contribution in [-0.2, 0) is 6.42 Å². The molecular formula is C16H16ClF2NO. The van der Waals surface area contributed by atoms with Crippen molar-refractivity contribution in [1.29, 1.82) is 0 Å². The SMILES string of the molecule is CCC(N)Cc1cc(Cl)ccc1Oc1cccc(F)c1F. The van der Waals surface area contributed by atoms with Crippen LogP contribution >= 0.6 is 11.6 Å². The molecule has 0 heterocycles. The Morgan fingerprint density at radius 2 is 1.95 bits per heavy atom. The van der Waals surface area contributed by atoms with Gasteiger partial charge in [-0.25, -0.2) is 4.39 Å². The van der Waals surface area contributed by atoms with Crippen LogP contribution in [0.1, 0.15) is 18.9 Å². The van der Waals surface area contributed by atoms with Crippen LogP contribution in [0.4, 0.5) is 8.78 Å². The van der Waals surface area contributed by atoms with Crippen molar-refractivity contribution in [3.8, 4) is 11.5 Å². The predicted molar refractivity (Wildman–Crippen MR) is 79.9 cm³/mol. The third-order valence-electron chi connectivity index (χ3n) is 3.17. The summed E-state index contributed by atoms with van der Waals surface area (Å²) in [7, 11) is 0. The van der Waals surface area contributed by atoms with Crippen molar-refractivity contribution in [2.75, 3.05) is 0 Å². The molecule has 1 atom stereocenters. The highest BCUT2D eigenvalue weighted by Gasteiger charge is 2.14. The van der Waals surface area contributed by atoms with Gasteiger partial charge in [-0.05, 0) is 48.7 Å². The van der Waals surface area contributed by atoms with E-state index < -0.39 is 11.6 Å². The Balaban J connectivity index is 2.33. The van der Waals surface area contributed by atoms with Crippen molar-refractivity contribution in [3.63, 3.8) is 0 Å². The second kappa shape index (κ2) is 6.87. The molecule has 0 spiro atoms. The first kappa shape index (κ1) is 15.7. The Morgan fingerprint density at radius 3 is 2.67 bits per heavy atom. The molecule has 0 amide bonds. The second-order valence-corrected chi connectivity index (χ2v) is 5.21. The van der Waals surface area contributed by atoms with Crippen LogP contribution in [0.3, 0.4) is 0 Å². The molecule has 2 nitrogen and oxygen atoms in total. The number of hydrogen-bond acceptors (Lipinski definition) is 2. The Kier molecular flexibility index (Phi) is 5.15. The summed E-state index contributed by atoms with van der Waals surface area (Å²) in [5.41, 5.74) is 6.70. The molecule has 1 unspecified atom stereocenters. The normalized spacial score (nSPS) is 12.2. The lowest BCUT2D eigenvalue weighted by Crippen LogP contribution is -2.21. The number of halogens is 3. The topological polar surface area (TPSA) is 35.2 Å². The Morgan fingerprint density at radius 1 is 1.19 bits per heavy atom. The first-order valence-corrected chi connectivity index (χ1v) is 7.05. The summed E-state index contributed by atoms with van der Waals surface area (Å²) in [6.45, 7) is 1.97. The standard InChI is InChI=1S/C16H16ClF2NO/c1-2-12(20)9-10-8-11(17)6-7-14(10)21-15-5-3-4-13(18)16(15)19/h3-8,12H,2,9,20H2,1H3. The summed E-state index contributed by atoms with van der Waals surface area (Å²) in [6, 6.07) is 8.74. The van der Waals surface area contributed by atoms with Gasteiger partial charge in [0.15, 0.2) is 11.6 Å². The summed E-state index contributed by atoms with van der Waals surface area (Å²) in [6.07, 6.45) is 1.34. The molecule has 0 radical (unpaired) electrons. The van der Waals surface area contributed by atoms with Crippen LogP contribution in [0.5, 0.6) is 11.5 Å². The highest BCUT2D eigenvalue weighted by Crippen LogP contribution is 2.31. The van der Waals surface area contributed by atoms with Crippen molar-refractivity contribution >= 4 is 11.6 Å². The maximum atomic E-state index is 13.7. The first-order valence-electron chi connectivity index (χ1n) is 6.67. The highest BCUT2D eigenvalue weighted by atomic mass is 35.5. The number of benzene rings is 2. The number of hydrogen-bond donors (Lipinski definition) is 1. The first-order chi connectivity index (χ1) is 10.0. The van der Waals surface area contributed by atoms with Crippen LogP contribution in [0.15, 0.2) is 36.4 Å². The van der Waals surface area contributed by atoms with E-state index in [0.29, 0.717) is 17.2 Å². The summed E-state index contributed by atoms with van der Waals surface area (Å²) in [5, 5.41) is 0.542. The van der Waals surface area contributed by atoms with E-state index in [1.807, 2.05) is 6.92 Å². The zero-order valence-electron chi connectivity index (χ0n) is 11.6. The molecule has 0 aromatic heterocycles. The molecule has 0 aliphatic carbocycles. The molecule has 0 bridgehead atoms. The van der Waals surface area contributed by atoms with Gasteiger partial charge in [-0.2, -0.15) is 4.39 Å². The van der Waals surface area contributed by atoms with Gasteiger partial charge in [0.25, 0.3) is 0 Å². The van der Waals surface area contributed by atoms with E-state index in [2.05, 4.69) is 0 Å². The number of ether oxygens (including phenoxy) is 1. The van der Waals surface area contributed by atoms with Crippen LogP contribution in [0, 0.1) is 11.6 Å². The fraction of sp³-hybridized carbons (Fsp3) is 0.250. The van der Waals surface area contributed by atoms with E-state index in [4.69, 9.17) is 22.1 Å². The van der Waals surface area contributed by atoms with E-state index in [9.17, 15) is 8.78 Å². The van der Waals surface area contributed by atoms with Gasteiger partial charge in [-0.15, -0.1) is 0 Å². The lowest BCUT2D eigenvalue weighted by atomic mass is 10.0. The fourth-order valence-corrected chi connectivity index (χ4v) is 2.11. The van der Waals surface area contributed by atoms with Crippen molar-refractivity contribution in [2.24, 2.45) is 5.73 Å². The molecular weight excluding hydrogens is 296 g/mol. The minimum atomic E-state index is -1.02. The molecule has 5 heteroatoms. The summed E-state index contributed by atoms with van der Waals surface area (Å²) in [5.74, 6) is -1.71. The maximum absolute atomic E-state index is 13.7. The summed E-state index contributed by atoms with van der Waals surface area (Å²) in [4.78, 5) is 0. The lowest BCUT2D eigenvalue weighted by molar-refractivity contribution is 0.411. The molecule has 0 aliphatic rings. The van der Waals surface area contributed by atoms with Gasteiger partial charge >= 0.3 is 0 Å². The Labute approximate surface area is 127 Å². The molecule has 0 aliphatic heterocycles. The Hall–Kier alpha value is -1.65. The van der Waals surface area contributed by atoms with Crippen LogP contribution < -0.4 is 10.5 Å². The predicted octanol–water partition coefficient (Wildman–Crippen LogP) is 4.69. The van der Waals surface area contributed by atoms with Crippen LogP contribution in [0.25, 0.3) is 0 Å². The summed E-state index contributed by atoms with van der Waals surface area (Å²) >= 11 is 5.97. The lowest BCUT2D eigenvalue weighted by Gasteiger charge is -2.15.